The summed E-state index contributed by atoms with van der Waals surface area (Å²) >= 11 is 0. The Bertz CT molecular complexity index is 717. The van der Waals surface area contributed by atoms with E-state index >= 15 is 0 Å². The maximum atomic E-state index is 13.2. The van der Waals surface area contributed by atoms with Crippen LogP contribution in [0.2, 0.25) is 0 Å². The van der Waals surface area contributed by atoms with E-state index < -0.39 is 0 Å². The molecule has 1 unspecified atom stereocenters. The summed E-state index contributed by atoms with van der Waals surface area (Å²) < 4.78 is 5.12. The second-order valence-electron chi connectivity index (χ2n) is 8.70. The highest BCUT2D eigenvalue weighted by Gasteiger charge is 2.51. The van der Waals surface area contributed by atoms with Crippen molar-refractivity contribution in [2.75, 3.05) is 45.9 Å². The number of carbonyl (C=O) groups excluding carboxylic acids is 2. The lowest BCUT2D eigenvalue weighted by molar-refractivity contribution is -0.135. The van der Waals surface area contributed by atoms with Gasteiger partial charge in [0.05, 0.1) is 12.0 Å². The quantitative estimate of drug-likeness (QED) is 0.764. The van der Waals surface area contributed by atoms with Gasteiger partial charge in [-0.2, -0.15) is 0 Å². The fourth-order valence-electron chi connectivity index (χ4n) is 5.24. The van der Waals surface area contributed by atoms with E-state index in [2.05, 4.69) is 34.1 Å². The highest BCUT2D eigenvalue weighted by Crippen LogP contribution is 2.42. The molecule has 3 aliphatic heterocycles. The van der Waals surface area contributed by atoms with Gasteiger partial charge in [-0.1, -0.05) is 30.3 Å². The molecule has 2 amide bonds. The van der Waals surface area contributed by atoms with Gasteiger partial charge >= 0.3 is 6.09 Å². The minimum absolute atomic E-state index is 0.172. The Morgan fingerprint density at radius 1 is 1.10 bits per heavy atom. The SMILES string of the molecule is CCOC(=O)N1CCC(N2CCC3(CCN(CCc4ccccc4)C3=O)C2)CC1. The van der Waals surface area contributed by atoms with Gasteiger partial charge in [0.25, 0.3) is 0 Å². The molecular weight excluding hydrogens is 366 g/mol. The van der Waals surface area contributed by atoms with Crippen LogP contribution >= 0.6 is 0 Å². The van der Waals surface area contributed by atoms with Gasteiger partial charge in [-0.25, -0.2) is 4.79 Å². The molecule has 1 spiro atoms. The van der Waals surface area contributed by atoms with E-state index in [9.17, 15) is 9.59 Å². The van der Waals surface area contributed by atoms with E-state index in [1.807, 2.05) is 17.9 Å². The van der Waals surface area contributed by atoms with Gasteiger partial charge in [-0.3, -0.25) is 9.69 Å². The van der Waals surface area contributed by atoms with Crippen LogP contribution < -0.4 is 0 Å². The Hall–Kier alpha value is -2.08. The first-order valence-corrected chi connectivity index (χ1v) is 11.1. The summed E-state index contributed by atoms with van der Waals surface area (Å²) in [6.07, 6.45) is 4.65. The van der Waals surface area contributed by atoms with Crippen LogP contribution in [0.15, 0.2) is 30.3 Å². The van der Waals surface area contributed by atoms with E-state index in [0.717, 1.165) is 71.4 Å². The van der Waals surface area contributed by atoms with Crippen molar-refractivity contribution in [3.8, 4) is 0 Å². The summed E-state index contributed by atoms with van der Waals surface area (Å²) in [4.78, 5) is 31.6. The molecule has 0 radical (unpaired) electrons. The zero-order valence-electron chi connectivity index (χ0n) is 17.5. The van der Waals surface area contributed by atoms with Gasteiger partial charge < -0.3 is 14.5 Å². The normalized spacial score (nSPS) is 25.9. The van der Waals surface area contributed by atoms with Crippen LogP contribution in [0.3, 0.4) is 0 Å². The largest absolute Gasteiger partial charge is 0.450 e. The lowest BCUT2D eigenvalue weighted by Gasteiger charge is -2.36. The summed E-state index contributed by atoms with van der Waals surface area (Å²) in [5.41, 5.74) is 1.12. The molecular formula is C23H33N3O3. The average molecular weight is 400 g/mol. The molecule has 3 aliphatic rings. The molecule has 0 saturated carbocycles. The first-order chi connectivity index (χ1) is 14.1. The van der Waals surface area contributed by atoms with Crippen LogP contribution in [-0.2, 0) is 16.0 Å². The number of rotatable bonds is 5. The third-order valence-electron chi connectivity index (χ3n) is 7.00. The third kappa shape index (κ3) is 4.27. The van der Waals surface area contributed by atoms with Gasteiger partial charge in [-0.05, 0) is 51.1 Å². The Morgan fingerprint density at radius 3 is 2.55 bits per heavy atom. The molecule has 1 atom stereocenters. The molecule has 6 nitrogen and oxygen atoms in total. The van der Waals surface area contributed by atoms with Crippen LogP contribution in [-0.4, -0.2) is 78.6 Å². The van der Waals surface area contributed by atoms with Crippen molar-refractivity contribution in [3.63, 3.8) is 0 Å². The van der Waals surface area contributed by atoms with E-state index in [1.54, 1.807) is 0 Å². The van der Waals surface area contributed by atoms with Gasteiger partial charge in [0.15, 0.2) is 0 Å². The lowest BCUT2D eigenvalue weighted by Crippen LogP contribution is -2.47. The van der Waals surface area contributed by atoms with Crippen LogP contribution in [0.4, 0.5) is 4.79 Å². The van der Waals surface area contributed by atoms with E-state index in [-0.39, 0.29) is 11.5 Å². The van der Waals surface area contributed by atoms with E-state index in [0.29, 0.717) is 18.6 Å². The Kier molecular flexibility index (Phi) is 6.09. The summed E-state index contributed by atoms with van der Waals surface area (Å²) in [5, 5.41) is 0. The number of amides is 2. The van der Waals surface area contributed by atoms with Gasteiger partial charge in [-0.15, -0.1) is 0 Å². The number of likely N-dealkylation sites (tertiary alicyclic amines) is 3. The molecule has 158 valence electrons. The minimum Gasteiger partial charge on any atom is -0.450 e. The molecule has 4 rings (SSSR count). The number of piperidine rings is 1. The fraction of sp³-hybridized carbons (Fsp3) is 0.652. The third-order valence-corrected chi connectivity index (χ3v) is 7.00. The Labute approximate surface area is 173 Å². The second-order valence-corrected chi connectivity index (χ2v) is 8.70. The van der Waals surface area contributed by atoms with Gasteiger partial charge in [0.2, 0.25) is 5.91 Å². The first kappa shape index (κ1) is 20.2. The second kappa shape index (κ2) is 8.74. The lowest BCUT2D eigenvalue weighted by atomic mass is 9.85. The zero-order chi connectivity index (χ0) is 20.3. The van der Waals surface area contributed by atoms with Crippen molar-refractivity contribution in [1.29, 1.82) is 0 Å². The van der Waals surface area contributed by atoms with Crippen LogP contribution in [0, 0.1) is 5.41 Å². The summed E-state index contributed by atoms with van der Waals surface area (Å²) in [7, 11) is 0. The van der Waals surface area contributed by atoms with Gasteiger partial charge in [0, 0.05) is 38.8 Å². The Balaban J connectivity index is 1.28. The molecule has 0 aliphatic carbocycles. The number of nitrogens with zero attached hydrogens (tertiary/aromatic N) is 3. The average Bonchev–Trinajstić information content (AvgIpc) is 3.32. The molecule has 1 aromatic carbocycles. The zero-order valence-corrected chi connectivity index (χ0v) is 17.5. The molecule has 6 heteroatoms. The fourth-order valence-corrected chi connectivity index (χ4v) is 5.24. The van der Waals surface area contributed by atoms with Crippen molar-refractivity contribution < 1.29 is 14.3 Å². The topological polar surface area (TPSA) is 53.1 Å². The van der Waals surface area contributed by atoms with Crippen molar-refractivity contribution in [3.05, 3.63) is 35.9 Å². The summed E-state index contributed by atoms with van der Waals surface area (Å²) in [6, 6.07) is 10.9. The Morgan fingerprint density at radius 2 is 1.83 bits per heavy atom. The predicted molar refractivity (Wildman–Crippen MR) is 112 cm³/mol. The highest BCUT2D eigenvalue weighted by atomic mass is 16.6. The minimum atomic E-state index is -0.191. The first-order valence-electron chi connectivity index (χ1n) is 11.1. The van der Waals surface area contributed by atoms with Crippen molar-refractivity contribution in [2.45, 2.75) is 45.1 Å². The molecule has 0 bridgehead atoms. The molecule has 1 aromatic rings. The van der Waals surface area contributed by atoms with Crippen LogP contribution in [0.1, 0.15) is 38.2 Å². The predicted octanol–water partition coefficient (Wildman–Crippen LogP) is 2.77. The smallest absolute Gasteiger partial charge is 0.409 e. The van der Waals surface area contributed by atoms with Crippen LogP contribution in [0.25, 0.3) is 0 Å². The number of hydrogen-bond donors (Lipinski definition) is 0. The number of benzene rings is 1. The van der Waals surface area contributed by atoms with Crippen LogP contribution in [0.5, 0.6) is 0 Å². The summed E-state index contributed by atoms with van der Waals surface area (Å²) in [5.74, 6) is 0.361. The number of ether oxygens (including phenoxy) is 1. The number of hydrogen-bond acceptors (Lipinski definition) is 4. The maximum Gasteiger partial charge on any atom is 0.409 e. The maximum absolute atomic E-state index is 13.2. The number of carbonyl (C=O) groups is 2. The molecule has 3 saturated heterocycles. The van der Waals surface area contributed by atoms with Crippen molar-refractivity contribution in [2.24, 2.45) is 5.41 Å². The van der Waals surface area contributed by atoms with Crippen molar-refractivity contribution >= 4 is 12.0 Å². The van der Waals surface area contributed by atoms with E-state index in [4.69, 9.17) is 4.74 Å². The molecule has 0 N–H and O–H groups in total. The highest BCUT2D eigenvalue weighted by molar-refractivity contribution is 5.85. The molecule has 3 heterocycles. The standard InChI is InChI=1S/C23H33N3O3/c1-2-29-22(28)25-14-9-20(10-15-25)26-17-12-23(18-26)11-16-24(21(23)27)13-8-19-6-4-3-5-7-19/h3-7,20H,2,8-18H2,1H3. The van der Waals surface area contributed by atoms with Gasteiger partial charge in [0.1, 0.15) is 0 Å². The molecule has 0 aromatic heterocycles. The van der Waals surface area contributed by atoms with E-state index in [1.165, 1.54) is 5.56 Å². The van der Waals surface area contributed by atoms with Crippen molar-refractivity contribution in [1.82, 2.24) is 14.7 Å². The molecule has 3 fully saturated rings. The molecule has 29 heavy (non-hydrogen) atoms. The summed E-state index contributed by atoms with van der Waals surface area (Å²) in [6.45, 7) is 7.38. The monoisotopic (exact) mass is 399 g/mol.